The first-order valence-electron chi connectivity index (χ1n) is 11.0. The fraction of sp³-hybridized carbons (Fsp3) is 0.440. The van der Waals surface area contributed by atoms with E-state index in [1.54, 1.807) is 12.1 Å². The number of piperidine rings is 1. The normalized spacial score (nSPS) is 17.8. The van der Waals surface area contributed by atoms with E-state index in [4.69, 9.17) is 0 Å². The first kappa shape index (κ1) is 22.0. The zero-order valence-corrected chi connectivity index (χ0v) is 17.8. The zero-order chi connectivity index (χ0) is 21.2. The van der Waals surface area contributed by atoms with Crippen molar-refractivity contribution < 1.29 is 9.59 Å². The van der Waals surface area contributed by atoms with Crippen molar-refractivity contribution in [2.45, 2.75) is 51.1 Å². The first-order valence-corrected chi connectivity index (χ1v) is 11.0. The van der Waals surface area contributed by atoms with E-state index in [1.807, 2.05) is 48.5 Å². The van der Waals surface area contributed by atoms with E-state index in [2.05, 4.69) is 22.5 Å². The third-order valence-corrected chi connectivity index (χ3v) is 5.80. The quantitative estimate of drug-likeness (QED) is 0.626. The molecule has 2 amide bonds. The minimum absolute atomic E-state index is 0.130. The van der Waals surface area contributed by atoms with E-state index in [0.717, 1.165) is 25.1 Å². The Labute approximate surface area is 179 Å². The van der Waals surface area contributed by atoms with Crippen LogP contribution in [0.15, 0.2) is 60.7 Å². The van der Waals surface area contributed by atoms with Gasteiger partial charge in [-0.05, 0) is 50.4 Å². The summed E-state index contributed by atoms with van der Waals surface area (Å²) in [6.45, 7) is 5.06. The van der Waals surface area contributed by atoms with E-state index < -0.39 is 6.04 Å². The lowest BCUT2D eigenvalue weighted by atomic mass is 10.0. The van der Waals surface area contributed by atoms with Crippen molar-refractivity contribution in [3.05, 3.63) is 71.8 Å². The van der Waals surface area contributed by atoms with E-state index in [1.165, 1.54) is 19.3 Å². The summed E-state index contributed by atoms with van der Waals surface area (Å²) in [5.41, 5.74) is 1.58. The summed E-state index contributed by atoms with van der Waals surface area (Å²) in [7, 11) is 0. The molecule has 0 aliphatic carbocycles. The van der Waals surface area contributed by atoms with E-state index in [9.17, 15) is 9.59 Å². The van der Waals surface area contributed by atoms with Gasteiger partial charge in [-0.1, -0.05) is 55.0 Å². The lowest BCUT2D eigenvalue weighted by Gasteiger charge is -2.33. The number of amides is 2. The molecule has 0 saturated carbocycles. The Bertz CT molecular complexity index is 795. The molecule has 2 N–H and O–H groups in total. The SMILES string of the molecule is C[C@H]1CCCCN1CCCNC(=O)[C@@H](Cc1ccccc1)NC(=O)c1ccccc1. The maximum absolute atomic E-state index is 12.9. The summed E-state index contributed by atoms with van der Waals surface area (Å²) in [4.78, 5) is 28.0. The highest BCUT2D eigenvalue weighted by atomic mass is 16.2. The first-order chi connectivity index (χ1) is 14.6. The molecular weight excluding hydrogens is 374 g/mol. The number of nitrogens with zero attached hydrogens (tertiary/aromatic N) is 1. The standard InChI is InChI=1S/C25H33N3O2/c1-20-11-8-9-17-28(20)18-10-16-26-25(30)23(19-21-12-4-2-5-13-21)27-24(29)22-14-6-3-7-15-22/h2-7,12-15,20,23H,8-11,16-19H2,1H3,(H,26,30)(H,27,29)/t20-,23+/m0/s1. The molecule has 1 heterocycles. The lowest BCUT2D eigenvalue weighted by molar-refractivity contribution is -0.123. The molecule has 0 radical (unpaired) electrons. The second-order valence-electron chi connectivity index (χ2n) is 8.11. The molecule has 0 aromatic heterocycles. The van der Waals surface area contributed by atoms with Gasteiger partial charge in [0.25, 0.3) is 5.91 Å². The molecule has 0 bridgehead atoms. The van der Waals surface area contributed by atoms with E-state index in [-0.39, 0.29) is 11.8 Å². The van der Waals surface area contributed by atoms with Crippen LogP contribution in [0, 0.1) is 0 Å². The van der Waals surface area contributed by atoms with Crippen molar-refractivity contribution in [1.29, 1.82) is 0 Å². The molecule has 30 heavy (non-hydrogen) atoms. The van der Waals surface area contributed by atoms with Crippen molar-refractivity contribution in [2.75, 3.05) is 19.6 Å². The van der Waals surface area contributed by atoms with Crippen molar-refractivity contribution in [2.24, 2.45) is 0 Å². The summed E-state index contributed by atoms with van der Waals surface area (Å²) in [6.07, 6.45) is 5.23. The van der Waals surface area contributed by atoms with Gasteiger partial charge in [0.2, 0.25) is 5.91 Å². The number of rotatable bonds is 9. The van der Waals surface area contributed by atoms with Gasteiger partial charge in [-0.3, -0.25) is 9.59 Å². The number of benzene rings is 2. The fourth-order valence-corrected chi connectivity index (χ4v) is 4.00. The molecule has 5 nitrogen and oxygen atoms in total. The Morgan fingerprint density at radius 2 is 1.73 bits per heavy atom. The molecular formula is C25H33N3O2. The number of carbonyl (C=O) groups excluding carboxylic acids is 2. The van der Waals surface area contributed by atoms with Crippen LogP contribution in [0.5, 0.6) is 0 Å². The van der Waals surface area contributed by atoms with Crippen molar-refractivity contribution >= 4 is 11.8 Å². The van der Waals surface area contributed by atoms with Gasteiger partial charge < -0.3 is 15.5 Å². The van der Waals surface area contributed by atoms with Gasteiger partial charge in [0.15, 0.2) is 0 Å². The summed E-state index contributed by atoms with van der Waals surface area (Å²) >= 11 is 0. The maximum atomic E-state index is 12.9. The lowest BCUT2D eigenvalue weighted by Crippen LogP contribution is -2.48. The van der Waals surface area contributed by atoms with Crippen LogP contribution in [-0.2, 0) is 11.2 Å². The zero-order valence-electron chi connectivity index (χ0n) is 17.8. The molecule has 2 aromatic carbocycles. The smallest absolute Gasteiger partial charge is 0.251 e. The van der Waals surface area contributed by atoms with Gasteiger partial charge in [0.1, 0.15) is 6.04 Å². The summed E-state index contributed by atoms with van der Waals surface area (Å²) < 4.78 is 0. The molecule has 160 valence electrons. The van der Waals surface area contributed by atoms with Crippen LogP contribution in [0.2, 0.25) is 0 Å². The minimum Gasteiger partial charge on any atom is -0.354 e. The average molecular weight is 408 g/mol. The summed E-state index contributed by atoms with van der Waals surface area (Å²) in [5, 5.41) is 5.95. The van der Waals surface area contributed by atoms with Gasteiger partial charge >= 0.3 is 0 Å². The molecule has 0 spiro atoms. The predicted molar refractivity (Wildman–Crippen MR) is 120 cm³/mol. The Hall–Kier alpha value is -2.66. The van der Waals surface area contributed by atoms with Crippen LogP contribution in [0.3, 0.4) is 0 Å². The topological polar surface area (TPSA) is 61.4 Å². The number of likely N-dealkylation sites (tertiary alicyclic amines) is 1. The van der Waals surface area contributed by atoms with E-state index >= 15 is 0 Å². The van der Waals surface area contributed by atoms with Gasteiger partial charge in [-0.25, -0.2) is 0 Å². The van der Waals surface area contributed by atoms with Gasteiger partial charge in [0.05, 0.1) is 0 Å². The fourth-order valence-electron chi connectivity index (χ4n) is 4.00. The monoisotopic (exact) mass is 407 g/mol. The molecule has 1 fully saturated rings. The molecule has 0 unspecified atom stereocenters. The van der Waals surface area contributed by atoms with Crippen LogP contribution in [0.4, 0.5) is 0 Å². The second kappa shape index (κ2) is 11.5. The molecule has 3 rings (SSSR count). The predicted octanol–water partition coefficient (Wildman–Crippen LogP) is 3.41. The Morgan fingerprint density at radius 1 is 1.03 bits per heavy atom. The largest absolute Gasteiger partial charge is 0.354 e. The number of hydrogen-bond acceptors (Lipinski definition) is 3. The molecule has 5 heteroatoms. The molecule has 1 saturated heterocycles. The molecule has 1 aliphatic heterocycles. The van der Waals surface area contributed by atoms with Crippen LogP contribution >= 0.6 is 0 Å². The van der Waals surface area contributed by atoms with Gasteiger partial charge in [-0.15, -0.1) is 0 Å². The summed E-state index contributed by atoms with van der Waals surface area (Å²) in [6, 6.07) is 18.9. The highest BCUT2D eigenvalue weighted by molar-refractivity contribution is 5.97. The van der Waals surface area contributed by atoms with Gasteiger partial charge in [0, 0.05) is 31.1 Å². The Kier molecular flexibility index (Phi) is 8.45. The Balaban J connectivity index is 1.55. The number of hydrogen-bond donors (Lipinski definition) is 2. The highest BCUT2D eigenvalue weighted by Crippen LogP contribution is 2.16. The summed E-state index contributed by atoms with van der Waals surface area (Å²) in [5.74, 6) is -0.358. The van der Waals surface area contributed by atoms with Crippen molar-refractivity contribution in [1.82, 2.24) is 15.5 Å². The third-order valence-electron chi connectivity index (χ3n) is 5.80. The molecule has 2 aromatic rings. The Morgan fingerprint density at radius 3 is 2.43 bits per heavy atom. The van der Waals surface area contributed by atoms with Gasteiger partial charge in [-0.2, -0.15) is 0 Å². The highest BCUT2D eigenvalue weighted by Gasteiger charge is 2.22. The maximum Gasteiger partial charge on any atom is 0.251 e. The van der Waals surface area contributed by atoms with Crippen molar-refractivity contribution in [3.63, 3.8) is 0 Å². The van der Waals surface area contributed by atoms with Crippen LogP contribution < -0.4 is 10.6 Å². The van der Waals surface area contributed by atoms with Crippen LogP contribution in [-0.4, -0.2) is 48.4 Å². The average Bonchev–Trinajstić information content (AvgIpc) is 2.78. The van der Waals surface area contributed by atoms with E-state index in [0.29, 0.717) is 24.6 Å². The van der Waals surface area contributed by atoms with Crippen molar-refractivity contribution in [3.8, 4) is 0 Å². The van der Waals surface area contributed by atoms with Crippen LogP contribution in [0.25, 0.3) is 0 Å². The second-order valence-corrected chi connectivity index (χ2v) is 8.11. The number of carbonyl (C=O) groups is 2. The number of nitrogens with one attached hydrogen (secondary N) is 2. The minimum atomic E-state index is -0.603. The molecule has 2 atom stereocenters. The van der Waals surface area contributed by atoms with Crippen LogP contribution in [0.1, 0.15) is 48.5 Å². The third kappa shape index (κ3) is 6.70. The molecule has 1 aliphatic rings.